The molecule has 0 bridgehead atoms. The van der Waals surface area contributed by atoms with Crippen LogP contribution in [0.5, 0.6) is 0 Å². The molecule has 4 nitrogen and oxygen atoms in total. The van der Waals surface area contributed by atoms with Crippen molar-refractivity contribution in [3.63, 3.8) is 0 Å². The van der Waals surface area contributed by atoms with Crippen LogP contribution >= 0.6 is 0 Å². The second-order valence-electron chi connectivity index (χ2n) is 7.12. The molecule has 1 aromatic rings. The van der Waals surface area contributed by atoms with E-state index in [-0.39, 0.29) is 11.3 Å². The van der Waals surface area contributed by atoms with E-state index in [4.69, 9.17) is 0 Å². The van der Waals surface area contributed by atoms with E-state index in [1.165, 1.54) is 37.8 Å². The van der Waals surface area contributed by atoms with E-state index >= 15 is 0 Å². The molecule has 1 saturated carbocycles. The highest BCUT2D eigenvalue weighted by Gasteiger charge is 2.27. The van der Waals surface area contributed by atoms with E-state index in [1.54, 1.807) is 12.1 Å². The highest BCUT2D eigenvalue weighted by Crippen LogP contribution is 2.27. The van der Waals surface area contributed by atoms with E-state index in [0.717, 1.165) is 32.0 Å². The van der Waals surface area contributed by atoms with E-state index in [9.17, 15) is 12.8 Å². The molecular formula is C18H27FN2O2S. The SMILES string of the molecule is O=S(=O)(Cc1ccccc1F)NCC1CCN(C2CCCC2)CC1. The Morgan fingerprint density at radius 3 is 2.42 bits per heavy atom. The summed E-state index contributed by atoms with van der Waals surface area (Å²) in [6, 6.07) is 6.80. The number of benzene rings is 1. The largest absolute Gasteiger partial charge is 0.300 e. The lowest BCUT2D eigenvalue weighted by Crippen LogP contribution is -2.42. The summed E-state index contributed by atoms with van der Waals surface area (Å²) in [6.45, 7) is 2.62. The Kier molecular flexibility index (Phi) is 5.89. The van der Waals surface area contributed by atoms with Crippen LogP contribution < -0.4 is 4.72 Å². The van der Waals surface area contributed by atoms with Crippen molar-refractivity contribution in [2.75, 3.05) is 19.6 Å². The molecule has 0 radical (unpaired) electrons. The van der Waals surface area contributed by atoms with E-state index in [1.807, 2.05) is 0 Å². The number of nitrogens with zero attached hydrogens (tertiary/aromatic N) is 1. The van der Waals surface area contributed by atoms with Gasteiger partial charge in [-0.05, 0) is 50.8 Å². The van der Waals surface area contributed by atoms with Gasteiger partial charge in [0.25, 0.3) is 0 Å². The molecule has 2 aliphatic rings. The molecular weight excluding hydrogens is 327 g/mol. The predicted molar refractivity (Wildman–Crippen MR) is 93.6 cm³/mol. The number of nitrogens with one attached hydrogen (secondary N) is 1. The molecule has 1 aliphatic heterocycles. The maximum atomic E-state index is 13.6. The Balaban J connectivity index is 1.45. The minimum Gasteiger partial charge on any atom is -0.300 e. The number of sulfonamides is 1. The van der Waals surface area contributed by atoms with Gasteiger partial charge >= 0.3 is 0 Å². The molecule has 24 heavy (non-hydrogen) atoms. The Morgan fingerprint density at radius 1 is 1.08 bits per heavy atom. The zero-order valence-electron chi connectivity index (χ0n) is 14.1. The molecule has 1 N–H and O–H groups in total. The van der Waals surface area contributed by atoms with Crippen molar-refractivity contribution in [2.45, 2.75) is 50.3 Å². The topological polar surface area (TPSA) is 49.4 Å². The smallest absolute Gasteiger partial charge is 0.215 e. The van der Waals surface area contributed by atoms with E-state index in [0.29, 0.717) is 12.5 Å². The number of hydrogen-bond donors (Lipinski definition) is 1. The fourth-order valence-electron chi connectivity index (χ4n) is 3.91. The first-order valence-electron chi connectivity index (χ1n) is 8.98. The molecule has 2 fully saturated rings. The molecule has 3 rings (SSSR count). The molecule has 1 saturated heterocycles. The quantitative estimate of drug-likeness (QED) is 0.855. The second kappa shape index (κ2) is 7.93. The van der Waals surface area contributed by atoms with Crippen LogP contribution in [0.25, 0.3) is 0 Å². The fraction of sp³-hybridized carbons (Fsp3) is 0.667. The van der Waals surface area contributed by atoms with Crippen molar-refractivity contribution in [2.24, 2.45) is 5.92 Å². The van der Waals surface area contributed by atoms with Gasteiger partial charge in [0.2, 0.25) is 10.0 Å². The number of rotatable bonds is 6. The van der Waals surface area contributed by atoms with Gasteiger partial charge in [-0.2, -0.15) is 0 Å². The molecule has 0 aromatic heterocycles. The summed E-state index contributed by atoms with van der Waals surface area (Å²) in [7, 11) is -3.49. The molecule has 1 heterocycles. The van der Waals surface area contributed by atoms with Gasteiger partial charge in [0, 0.05) is 18.2 Å². The monoisotopic (exact) mass is 354 g/mol. The third-order valence-electron chi connectivity index (χ3n) is 5.39. The van der Waals surface area contributed by atoms with Crippen LogP contribution in [0.2, 0.25) is 0 Å². The molecule has 6 heteroatoms. The van der Waals surface area contributed by atoms with Crippen molar-refractivity contribution in [1.82, 2.24) is 9.62 Å². The maximum absolute atomic E-state index is 13.6. The number of piperidine rings is 1. The molecule has 1 aromatic carbocycles. The highest BCUT2D eigenvalue weighted by atomic mass is 32.2. The van der Waals surface area contributed by atoms with Crippen molar-refractivity contribution in [1.29, 1.82) is 0 Å². The Bertz CT molecular complexity index is 636. The van der Waals surface area contributed by atoms with Gasteiger partial charge in [0.05, 0.1) is 5.75 Å². The molecule has 0 unspecified atom stereocenters. The van der Waals surface area contributed by atoms with E-state index < -0.39 is 15.8 Å². The van der Waals surface area contributed by atoms with Crippen LogP contribution in [0.3, 0.4) is 0 Å². The van der Waals surface area contributed by atoms with Crippen LogP contribution in [0.15, 0.2) is 24.3 Å². The summed E-state index contributed by atoms with van der Waals surface area (Å²) >= 11 is 0. The first kappa shape index (κ1) is 17.8. The predicted octanol–water partition coefficient (Wildman–Crippen LogP) is 2.90. The lowest BCUT2D eigenvalue weighted by Gasteiger charge is -2.36. The first-order chi connectivity index (χ1) is 11.5. The summed E-state index contributed by atoms with van der Waals surface area (Å²) in [6.07, 6.45) is 7.41. The standard InChI is InChI=1S/C18H27FN2O2S/c19-18-8-4-1-5-16(18)14-24(22,23)20-13-15-9-11-21(12-10-15)17-6-2-3-7-17/h1,4-5,8,15,17,20H,2-3,6-7,9-14H2. The van der Waals surface area contributed by atoms with Crippen molar-refractivity contribution in [3.05, 3.63) is 35.6 Å². The summed E-state index contributed by atoms with van der Waals surface area (Å²) in [5, 5.41) is 0. The molecule has 0 spiro atoms. The first-order valence-corrected chi connectivity index (χ1v) is 10.6. The molecule has 0 atom stereocenters. The second-order valence-corrected chi connectivity index (χ2v) is 8.92. The summed E-state index contributed by atoms with van der Waals surface area (Å²) < 4.78 is 40.6. The summed E-state index contributed by atoms with van der Waals surface area (Å²) in [4.78, 5) is 2.58. The fourth-order valence-corrected chi connectivity index (χ4v) is 5.14. The minimum atomic E-state index is -3.49. The lowest BCUT2D eigenvalue weighted by atomic mass is 9.96. The van der Waals surface area contributed by atoms with Crippen LogP contribution in [-0.4, -0.2) is 39.0 Å². The zero-order valence-corrected chi connectivity index (χ0v) is 14.9. The van der Waals surface area contributed by atoms with Gasteiger partial charge in [-0.3, -0.25) is 0 Å². The molecule has 1 aliphatic carbocycles. The lowest BCUT2D eigenvalue weighted by molar-refractivity contribution is 0.135. The number of halogens is 1. The van der Waals surface area contributed by atoms with Crippen molar-refractivity contribution in [3.8, 4) is 0 Å². The zero-order chi connectivity index (χ0) is 17.0. The van der Waals surface area contributed by atoms with Crippen LogP contribution in [-0.2, 0) is 15.8 Å². The van der Waals surface area contributed by atoms with Gasteiger partial charge < -0.3 is 4.90 Å². The summed E-state index contributed by atoms with van der Waals surface area (Å²) in [5.74, 6) is -0.369. The maximum Gasteiger partial charge on any atom is 0.215 e. The Morgan fingerprint density at radius 2 is 1.75 bits per heavy atom. The molecule has 0 amide bonds. The van der Waals surface area contributed by atoms with E-state index in [2.05, 4.69) is 9.62 Å². The highest BCUT2D eigenvalue weighted by molar-refractivity contribution is 7.88. The Labute approximate surface area is 144 Å². The summed E-state index contributed by atoms with van der Waals surface area (Å²) in [5.41, 5.74) is 0.223. The average Bonchev–Trinajstić information content (AvgIpc) is 3.10. The number of hydrogen-bond acceptors (Lipinski definition) is 3. The third kappa shape index (κ3) is 4.77. The molecule has 134 valence electrons. The number of likely N-dealkylation sites (tertiary alicyclic amines) is 1. The van der Waals surface area contributed by atoms with Crippen molar-refractivity contribution < 1.29 is 12.8 Å². The Hall–Kier alpha value is -0.980. The van der Waals surface area contributed by atoms with Crippen molar-refractivity contribution >= 4 is 10.0 Å². The van der Waals surface area contributed by atoms with Crippen LogP contribution in [0.4, 0.5) is 4.39 Å². The average molecular weight is 354 g/mol. The van der Waals surface area contributed by atoms with Gasteiger partial charge in [-0.25, -0.2) is 17.5 Å². The van der Waals surface area contributed by atoms with Crippen LogP contribution in [0.1, 0.15) is 44.1 Å². The van der Waals surface area contributed by atoms with Gasteiger partial charge in [-0.1, -0.05) is 31.0 Å². The van der Waals surface area contributed by atoms with Crippen LogP contribution in [0, 0.1) is 11.7 Å². The minimum absolute atomic E-state index is 0.223. The van der Waals surface area contributed by atoms with Gasteiger partial charge in [-0.15, -0.1) is 0 Å². The normalized spacial score (nSPS) is 21.4. The van der Waals surface area contributed by atoms with Gasteiger partial charge in [0.1, 0.15) is 5.82 Å². The van der Waals surface area contributed by atoms with Gasteiger partial charge in [0.15, 0.2) is 0 Å². The third-order valence-corrected chi connectivity index (χ3v) is 6.68.